The molecule has 0 atom stereocenters. The van der Waals surface area contributed by atoms with Crippen LogP contribution >= 0.6 is 0 Å². The second-order valence-electron chi connectivity index (χ2n) is 3.16. The van der Waals surface area contributed by atoms with E-state index in [9.17, 15) is 0 Å². The normalized spacial score (nSPS) is 17.1. The van der Waals surface area contributed by atoms with Crippen LogP contribution in [0.25, 0.3) is 0 Å². The molecular formula is C8H13N3. The van der Waals surface area contributed by atoms with Gasteiger partial charge in [0, 0.05) is 18.4 Å². The Kier molecular flexibility index (Phi) is 1.90. The van der Waals surface area contributed by atoms with Crippen molar-refractivity contribution < 1.29 is 0 Å². The predicted octanol–water partition coefficient (Wildman–Crippen LogP) is 0.909. The molecule has 11 heavy (non-hydrogen) atoms. The molecule has 0 spiro atoms. The van der Waals surface area contributed by atoms with Crippen molar-refractivity contribution in [1.29, 1.82) is 0 Å². The van der Waals surface area contributed by atoms with Gasteiger partial charge in [-0.15, -0.1) is 0 Å². The molecule has 0 saturated heterocycles. The molecule has 1 aliphatic carbocycles. The molecule has 1 aromatic heterocycles. The first-order valence-corrected chi connectivity index (χ1v) is 4.14. The van der Waals surface area contributed by atoms with Gasteiger partial charge in [-0.05, 0) is 31.4 Å². The molecule has 0 unspecified atom stereocenters. The maximum atomic E-state index is 3.87. The Balaban J connectivity index is 1.66. The monoisotopic (exact) mass is 151 g/mol. The quantitative estimate of drug-likeness (QED) is 0.671. The van der Waals surface area contributed by atoms with Crippen molar-refractivity contribution in [3.05, 3.63) is 18.0 Å². The number of aromatic nitrogens is 2. The van der Waals surface area contributed by atoms with Crippen LogP contribution in [0.4, 0.5) is 0 Å². The van der Waals surface area contributed by atoms with Gasteiger partial charge in [0.05, 0.1) is 0 Å². The Morgan fingerprint density at radius 3 is 3.18 bits per heavy atom. The molecule has 2 rings (SSSR count). The minimum absolute atomic E-state index is 0.927. The summed E-state index contributed by atoms with van der Waals surface area (Å²) in [5.41, 5.74) is 1.17. The van der Waals surface area contributed by atoms with Crippen LogP contribution in [0, 0.1) is 5.92 Å². The maximum Gasteiger partial charge on any atom is 0.0490 e. The Bertz CT molecular complexity index is 201. The first kappa shape index (κ1) is 6.85. The standard InChI is InChI=1S/C8H13N3/c1-2-7(1)5-9-6-8-3-4-10-11-8/h3-4,7,9H,1-2,5-6H2,(H,10,11). The van der Waals surface area contributed by atoms with E-state index in [0.29, 0.717) is 0 Å². The van der Waals surface area contributed by atoms with Gasteiger partial charge in [-0.2, -0.15) is 5.10 Å². The highest BCUT2D eigenvalue weighted by atomic mass is 15.1. The van der Waals surface area contributed by atoms with Gasteiger partial charge < -0.3 is 5.32 Å². The second-order valence-corrected chi connectivity index (χ2v) is 3.16. The van der Waals surface area contributed by atoms with Crippen LogP contribution in [-0.4, -0.2) is 16.7 Å². The lowest BCUT2D eigenvalue weighted by Gasteiger charge is -1.99. The number of aromatic amines is 1. The number of H-pyrrole nitrogens is 1. The molecular weight excluding hydrogens is 138 g/mol. The van der Waals surface area contributed by atoms with E-state index in [4.69, 9.17) is 0 Å². The third-order valence-corrected chi connectivity index (χ3v) is 2.00. The highest BCUT2D eigenvalue weighted by molar-refractivity contribution is 4.96. The van der Waals surface area contributed by atoms with Crippen LogP contribution in [0.3, 0.4) is 0 Å². The van der Waals surface area contributed by atoms with Gasteiger partial charge in [0.15, 0.2) is 0 Å². The number of nitrogens with one attached hydrogen (secondary N) is 2. The molecule has 0 aliphatic heterocycles. The lowest BCUT2D eigenvalue weighted by Crippen LogP contribution is -2.16. The Morgan fingerprint density at radius 2 is 2.55 bits per heavy atom. The predicted molar refractivity (Wildman–Crippen MR) is 43.0 cm³/mol. The van der Waals surface area contributed by atoms with Gasteiger partial charge in [0.25, 0.3) is 0 Å². The SMILES string of the molecule is c1cc(CNCC2CC2)[nH]n1. The lowest BCUT2D eigenvalue weighted by atomic mass is 10.4. The summed E-state index contributed by atoms with van der Waals surface area (Å²) in [5, 5.41) is 10.2. The molecule has 1 heterocycles. The summed E-state index contributed by atoms with van der Waals surface area (Å²) in [5.74, 6) is 0.956. The van der Waals surface area contributed by atoms with Crippen LogP contribution in [-0.2, 0) is 6.54 Å². The summed E-state index contributed by atoms with van der Waals surface area (Å²) < 4.78 is 0. The van der Waals surface area contributed by atoms with Crippen LogP contribution < -0.4 is 5.32 Å². The molecule has 3 nitrogen and oxygen atoms in total. The van der Waals surface area contributed by atoms with E-state index in [1.807, 2.05) is 6.07 Å². The molecule has 1 saturated carbocycles. The molecule has 0 radical (unpaired) electrons. The fourth-order valence-electron chi connectivity index (χ4n) is 1.12. The van der Waals surface area contributed by atoms with Gasteiger partial charge in [-0.1, -0.05) is 0 Å². The van der Waals surface area contributed by atoms with E-state index in [-0.39, 0.29) is 0 Å². The third-order valence-electron chi connectivity index (χ3n) is 2.00. The molecule has 1 fully saturated rings. The Hall–Kier alpha value is -0.830. The highest BCUT2D eigenvalue weighted by Gasteiger charge is 2.19. The van der Waals surface area contributed by atoms with E-state index in [0.717, 1.165) is 12.5 Å². The van der Waals surface area contributed by atoms with E-state index in [1.165, 1.54) is 25.1 Å². The van der Waals surface area contributed by atoms with Crippen LogP contribution in [0.15, 0.2) is 12.3 Å². The molecule has 1 aromatic rings. The largest absolute Gasteiger partial charge is 0.311 e. The number of nitrogens with zero attached hydrogens (tertiary/aromatic N) is 1. The van der Waals surface area contributed by atoms with Crippen molar-refractivity contribution in [1.82, 2.24) is 15.5 Å². The minimum atomic E-state index is 0.927. The summed E-state index contributed by atoms with van der Waals surface area (Å²) in [7, 11) is 0. The van der Waals surface area contributed by atoms with Crippen LogP contribution in [0.2, 0.25) is 0 Å². The van der Waals surface area contributed by atoms with Gasteiger partial charge in [-0.3, -0.25) is 5.10 Å². The first-order chi connectivity index (χ1) is 5.45. The van der Waals surface area contributed by atoms with E-state index in [1.54, 1.807) is 6.20 Å². The zero-order chi connectivity index (χ0) is 7.52. The third kappa shape index (κ3) is 2.05. The molecule has 0 bridgehead atoms. The van der Waals surface area contributed by atoms with Gasteiger partial charge in [0.1, 0.15) is 0 Å². The summed E-state index contributed by atoms with van der Waals surface area (Å²) in [6.07, 6.45) is 4.61. The highest BCUT2D eigenvalue weighted by Crippen LogP contribution is 2.27. The number of hydrogen-bond acceptors (Lipinski definition) is 2. The Morgan fingerprint density at radius 1 is 1.64 bits per heavy atom. The van der Waals surface area contributed by atoms with Crippen molar-refractivity contribution in [2.24, 2.45) is 5.92 Å². The summed E-state index contributed by atoms with van der Waals surface area (Å²) in [6, 6.07) is 2.00. The van der Waals surface area contributed by atoms with E-state index < -0.39 is 0 Å². The average molecular weight is 151 g/mol. The average Bonchev–Trinajstić information content (AvgIpc) is 2.66. The molecule has 2 N–H and O–H groups in total. The lowest BCUT2D eigenvalue weighted by molar-refractivity contribution is 0.629. The van der Waals surface area contributed by atoms with E-state index in [2.05, 4.69) is 15.5 Å². The topological polar surface area (TPSA) is 40.7 Å². The van der Waals surface area contributed by atoms with Crippen molar-refractivity contribution in [3.8, 4) is 0 Å². The fraction of sp³-hybridized carbons (Fsp3) is 0.625. The molecule has 60 valence electrons. The van der Waals surface area contributed by atoms with E-state index >= 15 is 0 Å². The Labute approximate surface area is 66.2 Å². The minimum Gasteiger partial charge on any atom is -0.311 e. The smallest absolute Gasteiger partial charge is 0.0490 e. The zero-order valence-corrected chi connectivity index (χ0v) is 6.51. The maximum absolute atomic E-state index is 3.87. The van der Waals surface area contributed by atoms with Gasteiger partial charge >= 0.3 is 0 Å². The van der Waals surface area contributed by atoms with Crippen molar-refractivity contribution in [2.75, 3.05) is 6.54 Å². The second kappa shape index (κ2) is 3.05. The van der Waals surface area contributed by atoms with Crippen molar-refractivity contribution in [2.45, 2.75) is 19.4 Å². The summed E-state index contributed by atoms with van der Waals surface area (Å²) in [4.78, 5) is 0. The molecule has 1 aliphatic rings. The molecule has 0 aromatic carbocycles. The van der Waals surface area contributed by atoms with Crippen LogP contribution in [0.1, 0.15) is 18.5 Å². The number of hydrogen-bond donors (Lipinski definition) is 2. The van der Waals surface area contributed by atoms with Crippen molar-refractivity contribution >= 4 is 0 Å². The summed E-state index contributed by atoms with van der Waals surface area (Å²) >= 11 is 0. The molecule has 3 heteroatoms. The first-order valence-electron chi connectivity index (χ1n) is 4.14. The zero-order valence-electron chi connectivity index (χ0n) is 6.51. The molecule has 0 amide bonds. The van der Waals surface area contributed by atoms with Crippen LogP contribution in [0.5, 0.6) is 0 Å². The van der Waals surface area contributed by atoms with Gasteiger partial charge in [-0.25, -0.2) is 0 Å². The fourth-order valence-corrected chi connectivity index (χ4v) is 1.12. The summed E-state index contributed by atoms with van der Waals surface area (Å²) in [6.45, 7) is 2.09. The van der Waals surface area contributed by atoms with Crippen molar-refractivity contribution in [3.63, 3.8) is 0 Å². The number of rotatable bonds is 4. The van der Waals surface area contributed by atoms with Gasteiger partial charge in [0.2, 0.25) is 0 Å².